The minimum Gasteiger partial charge on any atom is -0.444 e. The molecule has 0 heterocycles. The summed E-state index contributed by atoms with van der Waals surface area (Å²) in [6.45, 7) is 7.98. The highest BCUT2D eigenvalue weighted by molar-refractivity contribution is 5.85. The number of ether oxygens (including phenoxy) is 2. The maximum atomic E-state index is 11.8. The molecule has 0 aromatic carbocycles. The van der Waals surface area contributed by atoms with Gasteiger partial charge in [0, 0.05) is 13.7 Å². The molecule has 2 amide bonds. The molecule has 118 valence electrons. The highest BCUT2D eigenvalue weighted by Crippen LogP contribution is 2.06. The monoisotopic (exact) mass is 289 g/mol. The van der Waals surface area contributed by atoms with Crippen LogP contribution in [0.15, 0.2) is 0 Å². The molecule has 0 bridgehead atoms. The Labute approximate surface area is 120 Å². The third-order valence-corrected chi connectivity index (χ3v) is 2.18. The highest BCUT2D eigenvalue weighted by atomic mass is 16.6. The van der Waals surface area contributed by atoms with Crippen LogP contribution in [0.2, 0.25) is 0 Å². The normalized spacial score (nSPS) is 12.7. The van der Waals surface area contributed by atoms with Gasteiger partial charge in [-0.1, -0.05) is 13.3 Å². The number of carbonyl (C=O) groups is 2. The average Bonchev–Trinajstić information content (AvgIpc) is 2.31. The fraction of sp³-hybridized carbons (Fsp3) is 0.846. The number of nitrogens with one attached hydrogen (secondary N) is 3. The molecule has 0 aromatic rings. The van der Waals surface area contributed by atoms with Crippen molar-refractivity contribution in [3.63, 3.8) is 0 Å². The van der Waals surface area contributed by atoms with E-state index in [0.717, 1.165) is 12.8 Å². The quantitative estimate of drug-likeness (QED) is 0.457. The van der Waals surface area contributed by atoms with Gasteiger partial charge in [-0.15, -0.1) is 0 Å². The van der Waals surface area contributed by atoms with Gasteiger partial charge in [0.1, 0.15) is 11.6 Å². The molecular formula is C13H27N3O4. The standard InChI is InChI=1S/C13H27N3O4/c1-6-7-8-19-9-10(11(17)16-14-5)15-12(18)20-13(2,3)4/h10,14H,6-9H2,1-5H3,(H,15,18)(H,16,17)/t10-/m0/s1. The minimum atomic E-state index is -0.797. The van der Waals surface area contributed by atoms with Gasteiger partial charge in [0.05, 0.1) is 6.61 Å². The van der Waals surface area contributed by atoms with Gasteiger partial charge < -0.3 is 14.8 Å². The molecule has 1 atom stereocenters. The first kappa shape index (κ1) is 18.7. The van der Waals surface area contributed by atoms with Crippen LogP contribution in [0.3, 0.4) is 0 Å². The van der Waals surface area contributed by atoms with E-state index in [9.17, 15) is 9.59 Å². The third-order valence-electron chi connectivity index (χ3n) is 2.18. The zero-order chi connectivity index (χ0) is 15.6. The lowest BCUT2D eigenvalue weighted by Crippen LogP contribution is -2.53. The molecule has 3 N–H and O–H groups in total. The van der Waals surface area contributed by atoms with Crippen LogP contribution < -0.4 is 16.2 Å². The fourth-order valence-corrected chi connectivity index (χ4v) is 1.29. The molecule has 7 heteroatoms. The van der Waals surface area contributed by atoms with Crippen LogP contribution in [0.5, 0.6) is 0 Å². The van der Waals surface area contributed by atoms with Crippen molar-refractivity contribution in [3.8, 4) is 0 Å². The zero-order valence-electron chi connectivity index (χ0n) is 13.0. The van der Waals surface area contributed by atoms with E-state index in [0.29, 0.717) is 6.61 Å². The Bertz CT molecular complexity index is 302. The first-order valence-electron chi connectivity index (χ1n) is 6.84. The van der Waals surface area contributed by atoms with Crippen LogP contribution in [0.25, 0.3) is 0 Å². The predicted molar refractivity (Wildman–Crippen MR) is 76.1 cm³/mol. The van der Waals surface area contributed by atoms with Crippen LogP contribution >= 0.6 is 0 Å². The number of hydrazine groups is 1. The second-order valence-electron chi connectivity index (χ2n) is 5.37. The number of alkyl carbamates (subject to hydrolysis) is 1. The molecule has 20 heavy (non-hydrogen) atoms. The Balaban J connectivity index is 4.37. The molecule has 0 saturated heterocycles. The van der Waals surface area contributed by atoms with Crippen molar-refractivity contribution in [2.75, 3.05) is 20.3 Å². The van der Waals surface area contributed by atoms with Gasteiger partial charge in [-0.2, -0.15) is 0 Å². The lowest BCUT2D eigenvalue weighted by molar-refractivity contribution is -0.125. The molecule has 0 aliphatic carbocycles. The smallest absolute Gasteiger partial charge is 0.408 e. The van der Waals surface area contributed by atoms with E-state index in [1.54, 1.807) is 27.8 Å². The maximum absolute atomic E-state index is 11.8. The molecule has 0 aromatic heterocycles. The minimum absolute atomic E-state index is 0.104. The van der Waals surface area contributed by atoms with E-state index in [1.807, 2.05) is 6.92 Å². The van der Waals surface area contributed by atoms with Crippen molar-refractivity contribution in [2.24, 2.45) is 0 Å². The Kier molecular flexibility index (Phi) is 8.91. The average molecular weight is 289 g/mol. The predicted octanol–water partition coefficient (Wildman–Crippen LogP) is 0.947. The van der Waals surface area contributed by atoms with Gasteiger partial charge in [0.25, 0.3) is 5.91 Å². The molecule has 0 unspecified atom stereocenters. The summed E-state index contributed by atoms with van der Waals surface area (Å²) in [5.74, 6) is -0.380. The number of hydrogen-bond donors (Lipinski definition) is 3. The summed E-state index contributed by atoms with van der Waals surface area (Å²) in [6.07, 6.45) is 1.27. The SMILES string of the molecule is CCCCOC[C@H](NC(=O)OC(C)(C)C)C(=O)NNC. The number of carbonyl (C=O) groups excluding carboxylic acids is 2. The molecule has 0 aliphatic heterocycles. The van der Waals surface area contributed by atoms with Gasteiger partial charge in [0.2, 0.25) is 0 Å². The van der Waals surface area contributed by atoms with E-state index < -0.39 is 17.7 Å². The van der Waals surface area contributed by atoms with Crippen molar-refractivity contribution < 1.29 is 19.1 Å². The van der Waals surface area contributed by atoms with Crippen molar-refractivity contribution in [3.05, 3.63) is 0 Å². The number of hydrogen-bond acceptors (Lipinski definition) is 5. The van der Waals surface area contributed by atoms with Crippen LogP contribution in [-0.4, -0.2) is 43.9 Å². The van der Waals surface area contributed by atoms with Crippen LogP contribution in [0.1, 0.15) is 40.5 Å². The van der Waals surface area contributed by atoms with Crippen molar-refractivity contribution in [1.29, 1.82) is 0 Å². The topological polar surface area (TPSA) is 88.7 Å². The second-order valence-corrected chi connectivity index (χ2v) is 5.37. The van der Waals surface area contributed by atoms with Crippen LogP contribution in [0, 0.1) is 0 Å². The Hall–Kier alpha value is -1.34. The first-order chi connectivity index (χ1) is 9.30. The molecule has 0 spiro atoms. The third kappa shape index (κ3) is 9.57. The number of unbranched alkanes of at least 4 members (excludes halogenated alkanes) is 1. The first-order valence-corrected chi connectivity index (χ1v) is 6.84. The van der Waals surface area contributed by atoms with Crippen molar-refractivity contribution in [2.45, 2.75) is 52.2 Å². The van der Waals surface area contributed by atoms with E-state index in [4.69, 9.17) is 9.47 Å². The zero-order valence-corrected chi connectivity index (χ0v) is 13.0. The van der Waals surface area contributed by atoms with Gasteiger partial charge in [-0.25, -0.2) is 10.2 Å². The highest BCUT2D eigenvalue weighted by Gasteiger charge is 2.24. The lowest BCUT2D eigenvalue weighted by Gasteiger charge is -2.23. The molecule has 0 rings (SSSR count). The summed E-state index contributed by atoms with van der Waals surface area (Å²) >= 11 is 0. The van der Waals surface area contributed by atoms with Crippen molar-refractivity contribution in [1.82, 2.24) is 16.2 Å². The number of rotatable bonds is 8. The molecule has 7 nitrogen and oxygen atoms in total. The van der Waals surface area contributed by atoms with E-state index >= 15 is 0 Å². The summed E-state index contributed by atoms with van der Waals surface area (Å²) in [6, 6.07) is -0.797. The summed E-state index contributed by atoms with van der Waals surface area (Å²) in [7, 11) is 1.57. The van der Waals surface area contributed by atoms with Crippen molar-refractivity contribution >= 4 is 12.0 Å². The second kappa shape index (κ2) is 9.55. The Morgan fingerprint density at radius 3 is 2.40 bits per heavy atom. The Morgan fingerprint density at radius 1 is 1.25 bits per heavy atom. The number of amides is 2. The maximum Gasteiger partial charge on any atom is 0.408 e. The molecular weight excluding hydrogens is 262 g/mol. The largest absolute Gasteiger partial charge is 0.444 e. The van der Waals surface area contributed by atoms with Crippen LogP contribution in [-0.2, 0) is 14.3 Å². The Morgan fingerprint density at radius 2 is 1.90 bits per heavy atom. The molecule has 0 radical (unpaired) electrons. The summed E-state index contributed by atoms with van der Waals surface area (Å²) < 4.78 is 10.5. The molecule has 0 aliphatic rings. The molecule has 0 fully saturated rings. The summed E-state index contributed by atoms with van der Waals surface area (Å²) in [4.78, 5) is 23.5. The summed E-state index contributed by atoms with van der Waals surface area (Å²) in [5, 5.41) is 2.50. The molecule has 0 saturated carbocycles. The lowest BCUT2D eigenvalue weighted by atomic mass is 10.2. The fourth-order valence-electron chi connectivity index (χ4n) is 1.29. The van der Waals surface area contributed by atoms with E-state index in [1.165, 1.54) is 0 Å². The summed E-state index contributed by atoms with van der Waals surface area (Å²) in [5.41, 5.74) is 4.33. The van der Waals surface area contributed by atoms with E-state index in [2.05, 4.69) is 16.2 Å². The van der Waals surface area contributed by atoms with Gasteiger partial charge in [-0.05, 0) is 27.2 Å². The van der Waals surface area contributed by atoms with E-state index in [-0.39, 0.29) is 12.5 Å². The van der Waals surface area contributed by atoms with Gasteiger partial charge in [-0.3, -0.25) is 10.2 Å². The van der Waals surface area contributed by atoms with Gasteiger partial charge >= 0.3 is 6.09 Å². The van der Waals surface area contributed by atoms with Gasteiger partial charge in [0.15, 0.2) is 0 Å². The van der Waals surface area contributed by atoms with Crippen LogP contribution in [0.4, 0.5) is 4.79 Å².